The molecule has 0 bridgehead atoms. The molecule has 1 fully saturated rings. The summed E-state index contributed by atoms with van der Waals surface area (Å²) in [6.07, 6.45) is 0.558. The van der Waals surface area contributed by atoms with Gasteiger partial charge in [0.2, 0.25) is 11.8 Å². The van der Waals surface area contributed by atoms with Crippen molar-refractivity contribution in [3.8, 4) is 0 Å². The molecule has 1 atom stereocenters. The van der Waals surface area contributed by atoms with Gasteiger partial charge in [0.1, 0.15) is 6.04 Å². The Morgan fingerprint density at radius 1 is 1.23 bits per heavy atom. The number of aryl methyl sites for hydroxylation is 2. The van der Waals surface area contributed by atoms with E-state index in [1.807, 2.05) is 25.1 Å². The SMILES string of the molecule is CC(=O)N1CCN(C(=O)c2ccc(Br)c(C)c2)CCC1c1nc(C)no1. The molecule has 1 unspecified atom stereocenters. The second-order valence-corrected chi connectivity index (χ2v) is 7.31. The average molecular weight is 421 g/mol. The monoisotopic (exact) mass is 420 g/mol. The highest BCUT2D eigenvalue weighted by molar-refractivity contribution is 9.10. The highest BCUT2D eigenvalue weighted by atomic mass is 79.9. The third-order valence-corrected chi connectivity index (χ3v) is 5.47. The van der Waals surface area contributed by atoms with Crippen molar-refractivity contribution in [2.24, 2.45) is 0 Å². The molecule has 138 valence electrons. The van der Waals surface area contributed by atoms with E-state index in [4.69, 9.17) is 4.52 Å². The summed E-state index contributed by atoms with van der Waals surface area (Å²) in [4.78, 5) is 32.8. The fraction of sp³-hybridized carbons (Fsp3) is 0.444. The lowest BCUT2D eigenvalue weighted by molar-refractivity contribution is -0.131. The van der Waals surface area contributed by atoms with Gasteiger partial charge in [-0.15, -0.1) is 0 Å². The van der Waals surface area contributed by atoms with Crippen LogP contribution in [0.5, 0.6) is 0 Å². The van der Waals surface area contributed by atoms with E-state index in [1.165, 1.54) is 6.92 Å². The summed E-state index contributed by atoms with van der Waals surface area (Å²) < 4.78 is 6.26. The van der Waals surface area contributed by atoms with E-state index in [0.717, 1.165) is 10.0 Å². The van der Waals surface area contributed by atoms with E-state index in [0.29, 0.717) is 43.3 Å². The number of amides is 2. The van der Waals surface area contributed by atoms with E-state index >= 15 is 0 Å². The van der Waals surface area contributed by atoms with E-state index in [-0.39, 0.29) is 17.9 Å². The second kappa shape index (κ2) is 7.57. The van der Waals surface area contributed by atoms with Crippen molar-refractivity contribution in [2.75, 3.05) is 19.6 Å². The summed E-state index contributed by atoms with van der Waals surface area (Å²) >= 11 is 3.45. The van der Waals surface area contributed by atoms with Crippen molar-refractivity contribution in [3.63, 3.8) is 0 Å². The van der Waals surface area contributed by atoms with Gasteiger partial charge in [-0.2, -0.15) is 4.98 Å². The first-order valence-corrected chi connectivity index (χ1v) is 9.29. The maximum Gasteiger partial charge on any atom is 0.253 e. The van der Waals surface area contributed by atoms with Gasteiger partial charge in [-0.05, 0) is 44.0 Å². The lowest BCUT2D eigenvalue weighted by atomic mass is 10.1. The molecule has 7 nitrogen and oxygen atoms in total. The maximum atomic E-state index is 12.9. The lowest BCUT2D eigenvalue weighted by Gasteiger charge is -2.25. The fourth-order valence-corrected chi connectivity index (χ4v) is 3.42. The Labute approximate surface area is 160 Å². The zero-order chi connectivity index (χ0) is 18.8. The molecule has 0 spiro atoms. The Balaban J connectivity index is 1.81. The molecule has 1 aliphatic rings. The molecule has 0 N–H and O–H groups in total. The summed E-state index contributed by atoms with van der Waals surface area (Å²) in [7, 11) is 0. The Morgan fingerprint density at radius 3 is 2.62 bits per heavy atom. The average Bonchev–Trinajstić information content (AvgIpc) is 2.90. The number of carbonyl (C=O) groups is 2. The first-order valence-electron chi connectivity index (χ1n) is 8.49. The van der Waals surface area contributed by atoms with Gasteiger partial charge < -0.3 is 14.3 Å². The Hall–Kier alpha value is -2.22. The molecule has 1 saturated heterocycles. The van der Waals surface area contributed by atoms with Crippen LogP contribution in [0, 0.1) is 13.8 Å². The highest BCUT2D eigenvalue weighted by Crippen LogP contribution is 2.27. The number of carbonyl (C=O) groups excluding carboxylic acids is 2. The normalized spacial score (nSPS) is 17.9. The van der Waals surface area contributed by atoms with Gasteiger partial charge in [-0.3, -0.25) is 9.59 Å². The van der Waals surface area contributed by atoms with E-state index in [2.05, 4.69) is 26.1 Å². The van der Waals surface area contributed by atoms with Gasteiger partial charge in [-0.1, -0.05) is 21.1 Å². The summed E-state index contributed by atoms with van der Waals surface area (Å²) in [6, 6.07) is 5.26. The summed E-state index contributed by atoms with van der Waals surface area (Å²) in [6.45, 7) is 6.64. The van der Waals surface area contributed by atoms with Gasteiger partial charge in [0.15, 0.2) is 5.82 Å². The molecule has 1 aliphatic heterocycles. The number of benzene rings is 1. The minimum Gasteiger partial charge on any atom is -0.337 e. The van der Waals surface area contributed by atoms with E-state index in [9.17, 15) is 9.59 Å². The zero-order valence-electron chi connectivity index (χ0n) is 15.0. The molecule has 1 aromatic carbocycles. The van der Waals surface area contributed by atoms with Crippen molar-refractivity contribution < 1.29 is 14.1 Å². The van der Waals surface area contributed by atoms with Crippen LogP contribution in [0.2, 0.25) is 0 Å². The van der Waals surface area contributed by atoms with Crippen LogP contribution in [0.1, 0.15) is 47.0 Å². The van der Waals surface area contributed by atoms with Crippen molar-refractivity contribution in [2.45, 2.75) is 33.2 Å². The maximum absolute atomic E-state index is 12.9. The summed E-state index contributed by atoms with van der Waals surface area (Å²) in [5.74, 6) is 0.851. The zero-order valence-corrected chi connectivity index (χ0v) is 16.6. The van der Waals surface area contributed by atoms with Crippen LogP contribution in [0.3, 0.4) is 0 Å². The fourth-order valence-electron chi connectivity index (χ4n) is 3.18. The molecule has 3 rings (SSSR count). The van der Waals surface area contributed by atoms with Crippen molar-refractivity contribution in [1.82, 2.24) is 19.9 Å². The Bertz CT molecular complexity index is 836. The van der Waals surface area contributed by atoms with Crippen molar-refractivity contribution >= 4 is 27.7 Å². The molecule has 1 aromatic heterocycles. The van der Waals surface area contributed by atoms with Crippen LogP contribution in [-0.2, 0) is 4.79 Å². The first-order chi connectivity index (χ1) is 12.4. The molecule has 0 radical (unpaired) electrons. The predicted octanol–water partition coefficient (Wildman–Crippen LogP) is 2.88. The smallest absolute Gasteiger partial charge is 0.253 e. The number of nitrogens with zero attached hydrogens (tertiary/aromatic N) is 4. The quantitative estimate of drug-likeness (QED) is 0.745. The van der Waals surface area contributed by atoms with Gasteiger partial charge in [0, 0.05) is 36.6 Å². The van der Waals surface area contributed by atoms with Gasteiger partial charge in [-0.25, -0.2) is 0 Å². The molecule has 8 heteroatoms. The third-order valence-electron chi connectivity index (χ3n) is 4.58. The highest BCUT2D eigenvalue weighted by Gasteiger charge is 2.32. The van der Waals surface area contributed by atoms with Crippen LogP contribution in [0.4, 0.5) is 0 Å². The van der Waals surface area contributed by atoms with Crippen molar-refractivity contribution in [1.29, 1.82) is 0 Å². The van der Waals surface area contributed by atoms with Crippen molar-refractivity contribution in [3.05, 3.63) is 45.5 Å². The van der Waals surface area contributed by atoms with Crippen LogP contribution in [0.15, 0.2) is 27.2 Å². The summed E-state index contributed by atoms with van der Waals surface area (Å²) in [5, 5.41) is 3.83. The number of rotatable bonds is 2. The second-order valence-electron chi connectivity index (χ2n) is 6.45. The molecule has 26 heavy (non-hydrogen) atoms. The number of hydrogen-bond donors (Lipinski definition) is 0. The third kappa shape index (κ3) is 3.80. The van der Waals surface area contributed by atoms with Crippen LogP contribution >= 0.6 is 15.9 Å². The Kier molecular flexibility index (Phi) is 5.41. The largest absolute Gasteiger partial charge is 0.337 e. The minimum atomic E-state index is -0.307. The number of aromatic nitrogens is 2. The molecule has 2 amide bonds. The van der Waals surface area contributed by atoms with Gasteiger partial charge in [0.25, 0.3) is 5.91 Å². The van der Waals surface area contributed by atoms with Crippen LogP contribution in [0.25, 0.3) is 0 Å². The van der Waals surface area contributed by atoms with Crippen LogP contribution in [-0.4, -0.2) is 51.4 Å². The standard InChI is InChI=1S/C18H21BrN4O3/c1-11-10-14(4-5-15(11)19)18(25)22-7-6-16(17-20-12(2)21-26-17)23(9-8-22)13(3)24/h4-5,10,16H,6-9H2,1-3H3. The Morgan fingerprint density at radius 2 is 2.00 bits per heavy atom. The lowest BCUT2D eigenvalue weighted by Crippen LogP contribution is -2.37. The molecule has 0 saturated carbocycles. The van der Waals surface area contributed by atoms with Gasteiger partial charge >= 0.3 is 0 Å². The topological polar surface area (TPSA) is 79.5 Å². The van der Waals surface area contributed by atoms with Gasteiger partial charge in [0.05, 0.1) is 0 Å². The first kappa shape index (κ1) is 18.6. The van der Waals surface area contributed by atoms with E-state index < -0.39 is 0 Å². The molecule has 0 aliphatic carbocycles. The molecule has 2 heterocycles. The molecular formula is C18H21BrN4O3. The molecular weight excluding hydrogens is 400 g/mol. The molecule has 2 aromatic rings. The minimum absolute atomic E-state index is 0.0357. The predicted molar refractivity (Wildman–Crippen MR) is 98.6 cm³/mol. The van der Waals surface area contributed by atoms with Crippen LogP contribution < -0.4 is 0 Å². The summed E-state index contributed by atoms with van der Waals surface area (Å²) in [5.41, 5.74) is 1.66. The number of hydrogen-bond acceptors (Lipinski definition) is 5. The van der Waals surface area contributed by atoms with E-state index in [1.54, 1.807) is 16.7 Å². The number of halogens is 1.